The fourth-order valence-corrected chi connectivity index (χ4v) is 4.60. The highest BCUT2D eigenvalue weighted by Crippen LogP contribution is 2.59. The smallest absolute Gasteiger partial charge is 0.290 e. The Bertz CT molecular complexity index is 670. The molecule has 1 aromatic rings. The molecule has 1 aliphatic heterocycles. The van der Waals surface area contributed by atoms with Crippen LogP contribution in [0.2, 0.25) is 0 Å². The number of aromatic nitrogens is 2. The van der Waals surface area contributed by atoms with Crippen molar-refractivity contribution in [3.05, 3.63) is 34.4 Å². The first-order chi connectivity index (χ1) is 11.1. The maximum Gasteiger partial charge on any atom is 0.290 e. The Kier molecular flexibility index (Phi) is 3.56. The van der Waals surface area contributed by atoms with Crippen molar-refractivity contribution in [3.63, 3.8) is 0 Å². The van der Waals surface area contributed by atoms with Gasteiger partial charge in [-0.1, -0.05) is 25.5 Å². The highest BCUT2D eigenvalue weighted by Gasteiger charge is 2.51. The van der Waals surface area contributed by atoms with Crippen molar-refractivity contribution in [2.24, 2.45) is 17.3 Å². The van der Waals surface area contributed by atoms with Crippen molar-refractivity contribution >= 4 is 5.82 Å². The quantitative estimate of drug-likeness (QED) is 0.866. The van der Waals surface area contributed by atoms with Crippen LogP contribution in [-0.2, 0) is 0 Å². The van der Waals surface area contributed by atoms with Crippen LogP contribution in [0.5, 0.6) is 0 Å². The van der Waals surface area contributed by atoms with Crippen LogP contribution in [0.25, 0.3) is 0 Å². The molecule has 3 aliphatic carbocycles. The lowest BCUT2D eigenvalue weighted by Crippen LogP contribution is -2.52. The van der Waals surface area contributed by atoms with Gasteiger partial charge in [-0.05, 0) is 30.1 Å². The monoisotopic (exact) mass is 314 g/mol. The van der Waals surface area contributed by atoms with Gasteiger partial charge in [0.2, 0.25) is 0 Å². The number of aromatic amines is 1. The molecule has 0 radical (unpaired) electrons. The molecule has 1 aromatic heterocycles. The van der Waals surface area contributed by atoms with Gasteiger partial charge in [0, 0.05) is 45.1 Å². The Hall–Kier alpha value is -1.62. The van der Waals surface area contributed by atoms with E-state index in [1.54, 1.807) is 18.0 Å². The fraction of sp³-hybridized carbons (Fsp3) is 0.667. The average Bonchev–Trinajstić information content (AvgIpc) is 2.56. The van der Waals surface area contributed by atoms with E-state index in [1.165, 1.54) is 12.8 Å². The highest BCUT2D eigenvalue weighted by molar-refractivity contribution is 5.36. The molecule has 2 fully saturated rings. The second-order valence-electron chi connectivity index (χ2n) is 7.83. The molecule has 5 nitrogen and oxygen atoms in total. The van der Waals surface area contributed by atoms with E-state index < -0.39 is 0 Å². The summed E-state index contributed by atoms with van der Waals surface area (Å²) in [4.78, 5) is 23.4. The molecule has 4 aliphatic rings. The number of anilines is 1. The van der Waals surface area contributed by atoms with Crippen molar-refractivity contribution in [2.75, 3.05) is 37.6 Å². The summed E-state index contributed by atoms with van der Waals surface area (Å²) in [6.07, 6.45) is 8.40. The first kappa shape index (κ1) is 14.9. The van der Waals surface area contributed by atoms with Gasteiger partial charge in [0.1, 0.15) is 0 Å². The summed E-state index contributed by atoms with van der Waals surface area (Å²) < 4.78 is 0. The van der Waals surface area contributed by atoms with Crippen LogP contribution in [0.15, 0.2) is 28.8 Å². The SMILES string of the molecule is CC1(C)[C@H]2CC=C(CN3CCN(c4ncc[nH]c4=O)CC3)[C@@H]1C2. The van der Waals surface area contributed by atoms with Crippen LogP contribution < -0.4 is 10.5 Å². The summed E-state index contributed by atoms with van der Waals surface area (Å²) in [6, 6.07) is 0. The van der Waals surface area contributed by atoms with Gasteiger partial charge in [0.15, 0.2) is 5.82 Å². The van der Waals surface area contributed by atoms with Crippen molar-refractivity contribution in [3.8, 4) is 0 Å². The zero-order valence-corrected chi connectivity index (χ0v) is 14.1. The molecule has 1 N–H and O–H groups in total. The molecule has 2 atom stereocenters. The molecule has 0 unspecified atom stereocenters. The summed E-state index contributed by atoms with van der Waals surface area (Å²) in [5.74, 6) is 2.26. The lowest BCUT2D eigenvalue weighted by molar-refractivity contribution is -0.0107. The summed E-state index contributed by atoms with van der Waals surface area (Å²) in [7, 11) is 0. The Balaban J connectivity index is 1.37. The van der Waals surface area contributed by atoms with Gasteiger partial charge in [-0.15, -0.1) is 0 Å². The number of allylic oxidation sites excluding steroid dienone is 1. The van der Waals surface area contributed by atoms with Crippen LogP contribution in [0.1, 0.15) is 26.7 Å². The van der Waals surface area contributed by atoms with Gasteiger partial charge >= 0.3 is 0 Å². The van der Waals surface area contributed by atoms with E-state index in [0.717, 1.165) is 44.6 Å². The minimum atomic E-state index is -0.0850. The second kappa shape index (κ2) is 5.48. The fourth-order valence-electron chi connectivity index (χ4n) is 4.60. The number of nitrogens with zero attached hydrogens (tertiary/aromatic N) is 3. The molecular formula is C18H26N4O. The minimum absolute atomic E-state index is 0.0850. The molecule has 0 aromatic carbocycles. The molecule has 5 rings (SSSR count). The van der Waals surface area contributed by atoms with E-state index in [-0.39, 0.29) is 5.56 Å². The van der Waals surface area contributed by atoms with Crippen LogP contribution in [-0.4, -0.2) is 47.6 Å². The summed E-state index contributed by atoms with van der Waals surface area (Å²) in [5.41, 5.74) is 2.08. The highest BCUT2D eigenvalue weighted by atomic mass is 16.1. The topological polar surface area (TPSA) is 52.2 Å². The summed E-state index contributed by atoms with van der Waals surface area (Å²) in [6.45, 7) is 9.74. The molecule has 0 spiro atoms. The molecule has 23 heavy (non-hydrogen) atoms. The molecular weight excluding hydrogens is 288 g/mol. The lowest BCUT2D eigenvalue weighted by Gasteiger charge is -2.57. The molecule has 5 heteroatoms. The van der Waals surface area contributed by atoms with Gasteiger partial charge in [-0.3, -0.25) is 9.69 Å². The van der Waals surface area contributed by atoms with Crippen LogP contribution in [0.3, 0.4) is 0 Å². The van der Waals surface area contributed by atoms with Gasteiger partial charge in [-0.2, -0.15) is 0 Å². The first-order valence-electron chi connectivity index (χ1n) is 8.75. The van der Waals surface area contributed by atoms with Crippen molar-refractivity contribution < 1.29 is 0 Å². The van der Waals surface area contributed by atoms with Gasteiger partial charge in [0.25, 0.3) is 5.56 Å². The molecule has 1 saturated carbocycles. The van der Waals surface area contributed by atoms with E-state index in [4.69, 9.17) is 0 Å². The predicted molar refractivity (Wildman–Crippen MR) is 91.6 cm³/mol. The van der Waals surface area contributed by atoms with Crippen LogP contribution in [0, 0.1) is 17.3 Å². The average molecular weight is 314 g/mol. The number of fused-ring (bicyclic) bond motifs is 1. The number of piperazine rings is 1. The van der Waals surface area contributed by atoms with E-state index in [1.807, 2.05) is 0 Å². The zero-order chi connectivity index (χ0) is 16.0. The van der Waals surface area contributed by atoms with E-state index in [9.17, 15) is 4.79 Å². The zero-order valence-electron chi connectivity index (χ0n) is 14.1. The number of rotatable bonds is 3. The summed E-state index contributed by atoms with van der Waals surface area (Å²) >= 11 is 0. The van der Waals surface area contributed by atoms with Gasteiger partial charge in [0.05, 0.1) is 0 Å². The van der Waals surface area contributed by atoms with Crippen molar-refractivity contribution in [1.29, 1.82) is 0 Å². The number of hydrogen-bond donors (Lipinski definition) is 1. The second-order valence-corrected chi connectivity index (χ2v) is 7.83. The third kappa shape index (κ3) is 2.51. The predicted octanol–water partition coefficient (Wildman–Crippen LogP) is 1.88. The Morgan fingerprint density at radius 1 is 1.30 bits per heavy atom. The van der Waals surface area contributed by atoms with Crippen molar-refractivity contribution in [1.82, 2.24) is 14.9 Å². The number of H-pyrrole nitrogens is 1. The molecule has 124 valence electrons. The molecule has 0 amide bonds. The van der Waals surface area contributed by atoms with E-state index >= 15 is 0 Å². The Morgan fingerprint density at radius 2 is 2.09 bits per heavy atom. The molecule has 2 bridgehead atoms. The van der Waals surface area contributed by atoms with E-state index in [2.05, 4.69) is 39.7 Å². The number of hydrogen-bond acceptors (Lipinski definition) is 4. The molecule has 2 heterocycles. The maximum absolute atomic E-state index is 11.9. The normalized spacial score (nSPS) is 29.8. The maximum atomic E-state index is 11.9. The Morgan fingerprint density at radius 3 is 2.74 bits per heavy atom. The Labute approximate surface area is 137 Å². The number of nitrogens with one attached hydrogen (secondary N) is 1. The van der Waals surface area contributed by atoms with Crippen LogP contribution >= 0.6 is 0 Å². The lowest BCUT2D eigenvalue weighted by atomic mass is 9.49. The standard InChI is InChI=1S/C18H26N4O/c1-18(2)14-4-3-13(15(18)11-14)12-21-7-9-22(10-8-21)16-17(23)20-6-5-19-16/h3,5-6,14-15H,4,7-12H2,1-2H3,(H,20,23)/t14-,15-/m0/s1. The van der Waals surface area contributed by atoms with Gasteiger partial charge < -0.3 is 9.88 Å². The third-order valence-electron chi connectivity index (χ3n) is 6.35. The first-order valence-corrected chi connectivity index (χ1v) is 8.75. The molecule has 1 saturated heterocycles. The third-order valence-corrected chi connectivity index (χ3v) is 6.35. The largest absolute Gasteiger partial charge is 0.349 e. The van der Waals surface area contributed by atoms with Crippen LogP contribution in [0.4, 0.5) is 5.82 Å². The van der Waals surface area contributed by atoms with E-state index in [0.29, 0.717) is 11.2 Å². The summed E-state index contributed by atoms with van der Waals surface area (Å²) in [5, 5.41) is 0. The minimum Gasteiger partial charge on any atom is -0.349 e. The van der Waals surface area contributed by atoms with Crippen molar-refractivity contribution in [2.45, 2.75) is 26.7 Å². The van der Waals surface area contributed by atoms with Gasteiger partial charge in [-0.25, -0.2) is 4.98 Å².